The number of carbonyl (C=O) groups excluding carboxylic acids is 1. The van der Waals surface area contributed by atoms with Crippen molar-refractivity contribution in [3.63, 3.8) is 0 Å². The molecule has 0 spiro atoms. The van der Waals surface area contributed by atoms with E-state index < -0.39 is 0 Å². The second kappa shape index (κ2) is 9.70. The zero-order chi connectivity index (χ0) is 15.1. The maximum Gasteiger partial charge on any atom is 0.224 e. The van der Waals surface area contributed by atoms with E-state index in [1.807, 2.05) is 25.1 Å². The number of ether oxygens (including phenoxy) is 1. The van der Waals surface area contributed by atoms with E-state index in [1.165, 1.54) is 6.42 Å². The molecule has 1 aliphatic rings. The number of hydrogen-bond acceptors (Lipinski definition) is 3. The molecule has 0 bridgehead atoms. The lowest BCUT2D eigenvalue weighted by atomic mass is 10.0. The van der Waals surface area contributed by atoms with Crippen LogP contribution in [0.25, 0.3) is 0 Å². The number of anilines is 1. The van der Waals surface area contributed by atoms with Crippen molar-refractivity contribution >= 4 is 24.0 Å². The standard InChI is InChI=1S/C17H26N2O2.ClH/c1-3-10-21-16-11-13(2)4-6-15(16)19-17(20)7-5-14-8-9-18-12-14;/h4,6,11,14,18H,3,5,7-10,12H2,1-2H3,(H,19,20);1H. The molecule has 1 atom stereocenters. The van der Waals surface area contributed by atoms with Crippen molar-refractivity contribution in [1.29, 1.82) is 0 Å². The highest BCUT2D eigenvalue weighted by Crippen LogP contribution is 2.26. The highest BCUT2D eigenvalue weighted by Gasteiger charge is 2.16. The van der Waals surface area contributed by atoms with Crippen LogP contribution < -0.4 is 15.4 Å². The topological polar surface area (TPSA) is 50.4 Å². The van der Waals surface area contributed by atoms with Gasteiger partial charge in [0.05, 0.1) is 12.3 Å². The van der Waals surface area contributed by atoms with Gasteiger partial charge in [0.2, 0.25) is 5.91 Å². The van der Waals surface area contributed by atoms with Crippen LogP contribution in [0, 0.1) is 12.8 Å². The Morgan fingerprint density at radius 1 is 1.45 bits per heavy atom. The fraction of sp³-hybridized carbons (Fsp3) is 0.588. The molecule has 0 radical (unpaired) electrons. The van der Waals surface area contributed by atoms with Gasteiger partial charge in [-0.25, -0.2) is 0 Å². The van der Waals surface area contributed by atoms with Crippen molar-refractivity contribution in [3.05, 3.63) is 23.8 Å². The van der Waals surface area contributed by atoms with Crippen LogP contribution in [0.2, 0.25) is 0 Å². The molecule has 1 aromatic rings. The summed E-state index contributed by atoms with van der Waals surface area (Å²) in [6, 6.07) is 5.90. The molecule has 1 fully saturated rings. The van der Waals surface area contributed by atoms with Crippen molar-refractivity contribution in [2.24, 2.45) is 5.92 Å². The number of nitrogens with one attached hydrogen (secondary N) is 2. The highest BCUT2D eigenvalue weighted by atomic mass is 35.5. The summed E-state index contributed by atoms with van der Waals surface area (Å²) in [5.41, 5.74) is 1.92. The minimum absolute atomic E-state index is 0. The molecule has 1 unspecified atom stereocenters. The Labute approximate surface area is 139 Å². The zero-order valence-electron chi connectivity index (χ0n) is 13.5. The predicted octanol–water partition coefficient (Wildman–Crippen LogP) is 3.53. The molecule has 124 valence electrons. The SMILES string of the molecule is CCCOc1cc(C)ccc1NC(=O)CCC1CCNC1.Cl. The fourth-order valence-electron chi connectivity index (χ4n) is 2.57. The van der Waals surface area contributed by atoms with Gasteiger partial charge in [-0.3, -0.25) is 4.79 Å². The summed E-state index contributed by atoms with van der Waals surface area (Å²) >= 11 is 0. The van der Waals surface area contributed by atoms with Gasteiger partial charge in [0, 0.05) is 6.42 Å². The summed E-state index contributed by atoms with van der Waals surface area (Å²) in [6.45, 7) is 6.89. The van der Waals surface area contributed by atoms with Crippen LogP contribution in [0.1, 0.15) is 38.2 Å². The zero-order valence-corrected chi connectivity index (χ0v) is 14.3. The molecule has 0 aromatic heterocycles. The predicted molar refractivity (Wildman–Crippen MR) is 93.1 cm³/mol. The number of amides is 1. The third kappa shape index (κ3) is 5.85. The van der Waals surface area contributed by atoms with Gasteiger partial charge in [0.15, 0.2) is 0 Å². The average Bonchev–Trinajstić information content (AvgIpc) is 2.98. The molecule has 1 heterocycles. The first-order chi connectivity index (χ1) is 10.2. The molecule has 1 saturated heterocycles. The van der Waals surface area contributed by atoms with Gasteiger partial charge >= 0.3 is 0 Å². The summed E-state index contributed by atoms with van der Waals surface area (Å²) < 4.78 is 5.72. The third-order valence-corrected chi connectivity index (χ3v) is 3.81. The van der Waals surface area contributed by atoms with Gasteiger partial charge < -0.3 is 15.4 Å². The Bertz CT molecular complexity index is 474. The monoisotopic (exact) mass is 326 g/mol. The first-order valence-electron chi connectivity index (χ1n) is 7.93. The lowest BCUT2D eigenvalue weighted by Crippen LogP contribution is -2.15. The average molecular weight is 327 g/mol. The minimum Gasteiger partial charge on any atom is -0.491 e. The van der Waals surface area contributed by atoms with Crippen LogP contribution in [0.4, 0.5) is 5.69 Å². The van der Waals surface area contributed by atoms with Crippen molar-refractivity contribution in [1.82, 2.24) is 5.32 Å². The number of aryl methyl sites for hydroxylation is 1. The normalized spacial score (nSPS) is 16.9. The summed E-state index contributed by atoms with van der Waals surface area (Å²) in [5.74, 6) is 1.49. The Kier molecular flexibility index (Phi) is 8.28. The van der Waals surface area contributed by atoms with E-state index >= 15 is 0 Å². The first-order valence-corrected chi connectivity index (χ1v) is 7.93. The maximum absolute atomic E-state index is 12.1. The van der Waals surface area contributed by atoms with Crippen molar-refractivity contribution in [2.45, 2.75) is 39.5 Å². The molecule has 1 amide bonds. The molecule has 0 aliphatic carbocycles. The van der Waals surface area contributed by atoms with E-state index in [1.54, 1.807) is 0 Å². The Balaban J connectivity index is 0.00000242. The third-order valence-electron chi connectivity index (χ3n) is 3.81. The van der Waals surface area contributed by atoms with E-state index in [2.05, 4.69) is 17.6 Å². The van der Waals surface area contributed by atoms with Gasteiger partial charge in [-0.1, -0.05) is 13.0 Å². The van der Waals surface area contributed by atoms with Gasteiger partial charge in [-0.2, -0.15) is 0 Å². The van der Waals surface area contributed by atoms with E-state index in [4.69, 9.17) is 4.74 Å². The van der Waals surface area contributed by atoms with Crippen LogP contribution in [-0.4, -0.2) is 25.6 Å². The second-order valence-electron chi connectivity index (χ2n) is 5.79. The molecule has 5 heteroatoms. The van der Waals surface area contributed by atoms with Crippen LogP contribution in [0.5, 0.6) is 5.75 Å². The Morgan fingerprint density at radius 2 is 2.27 bits per heavy atom. The molecular weight excluding hydrogens is 300 g/mol. The fourth-order valence-corrected chi connectivity index (χ4v) is 2.57. The summed E-state index contributed by atoms with van der Waals surface area (Å²) in [6.07, 6.45) is 3.67. The number of carbonyl (C=O) groups is 1. The van der Waals surface area contributed by atoms with Gasteiger partial charge in [0.1, 0.15) is 5.75 Å². The molecular formula is C17H27ClN2O2. The maximum atomic E-state index is 12.1. The van der Waals surface area contributed by atoms with Crippen LogP contribution >= 0.6 is 12.4 Å². The quantitative estimate of drug-likeness (QED) is 0.806. The van der Waals surface area contributed by atoms with Crippen LogP contribution in [-0.2, 0) is 4.79 Å². The molecule has 2 N–H and O–H groups in total. The molecule has 22 heavy (non-hydrogen) atoms. The summed E-state index contributed by atoms with van der Waals surface area (Å²) in [4.78, 5) is 12.1. The van der Waals surface area contributed by atoms with E-state index in [0.717, 1.165) is 42.9 Å². The largest absolute Gasteiger partial charge is 0.491 e. The van der Waals surface area contributed by atoms with E-state index in [9.17, 15) is 4.79 Å². The van der Waals surface area contributed by atoms with Gasteiger partial charge in [0.25, 0.3) is 0 Å². The lowest BCUT2D eigenvalue weighted by Gasteiger charge is -2.13. The van der Waals surface area contributed by atoms with Crippen molar-refractivity contribution in [2.75, 3.05) is 25.0 Å². The van der Waals surface area contributed by atoms with E-state index in [-0.39, 0.29) is 18.3 Å². The van der Waals surface area contributed by atoms with Crippen LogP contribution in [0.15, 0.2) is 18.2 Å². The number of rotatable bonds is 7. The number of benzene rings is 1. The Morgan fingerprint density at radius 3 is 2.95 bits per heavy atom. The lowest BCUT2D eigenvalue weighted by molar-refractivity contribution is -0.116. The highest BCUT2D eigenvalue weighted by molar-refractivity contribution is 5.92. The molecule has 1 aromatic carbocycles. The number of hydrogen-bond donors (Lipinski definition) is 2. The molecule has 0 saturated carbocycles. The first kappa shape index (κ1) is 18.8. The van der Waals surface area contributed by atoms with Crippen LogP contribution in [0.3, 0.4) is 0 Å². The van der Waals surface area contributed by atoms with Crippen molar-refractivity contribution < 1.29 is 9.53 Å². The Hall–Kier alpha value is -1.26. The van der Waals surface area contributed by atoms with E-state index in [0.29, 0.717) is 18.9 Å². The summed E-state index contributed by atoms with van der Waals surface area (Å²) in [5, 5.41) is 6.32. The van der Waals surface area contributed by atoms with Gasteiger partial charge in [-0.15, -0.1) is 12.4 Å². The summed E-state index contributed by atoms with van der Waals surface area (Å²) in [7, 11) is 0. The minimum atomic E-state index is 0. The molecule has 1 aliphatic heterocycles. The van der Waals surface area contributed by atoms with Crippen molar-refractivity contribution in [3.8, 4) is 5.75 Å². The smallest absolute Gasteiger partial charge is 0.224 e. The second-order valence-corrected chi connectivity index (χ2v) is 5.79. The molecule has 2 rings (SSSR count). The number of halogens is 1. The molecule has 4 nitrogen and oxygen atoms in total. The van der Waals surface area contributed by atoms with Gasteiger partial charge in [-0.05, 0) is 62.9 Å².